The van der Waals surface area contributed by atoms with Crippen LogP contribution in [0.25, 0.3) is 16.7 Å². The van der Waals surface area contributed by atoms with Crippen molar-refractivity contribution >= 4 is 22.5 Å². The summed E-state index contributed by atoms with van der Waals surface area (Å²) in [6.07, 6.45) is 1.66. The molecule has 0 saturated heterocycles. The van der Waals surface area contributed by atoms with Crippen LogP contribution in [0.4, 0.5) is 5.69 Å². The van der Waals surface area contributed by atoms with Crippen molar-refractivity contribution in [2.45, 2.75) is 27.3 Å². The number of hydrogen-bond acceptors (Lipinski definition) is 3. The monoisotopic (exact) mass is 359 g/mol. The molecule has 4 rings (SSSR count). The first-order chi connectivity index (χ1) is 13.0. The fraction of sp³-hybridized carbons (Fsp3) is 0.190. The van der Waals surface area contributed by atoms with Gasteiger partial charge in [-0.3, -0.25) is 4.79 Å². The molecule has 0 fully saturated rings. The van der Waals surface area contributed by atoms with Crippen molar-refractivity contribution in [1.29, 1.82) is 0 Å². The van der Waals surface area contributed by atoms with Gasteiger partial charge in [0.2, 0.25) is 5.91 Å². The van der Waals surface area contributed by atoms with E-state index in [4.69, 9.17) is 0 Å². The van der Waals surface area contributed by atoms with Gasteiger partial charge < -0.3 is 9.88 Å². The molecule has 1 amide bonds. The Labute approximate surface area is 157 Å². The lowest BCUT2D eigenvalue weighted by Gasteiger charge is -2.10. The molecule has 1 N–H and O–H groups in total. The second-order valence-electron chi connectivity index (χ2n) is 6.72. The van der Waals surface area contributed by atoms with Crippen LogP contribution >= 0.6 is 0 Å². The smallest absolute Gasteiger partial charge is 0.244 e. The Morgan fingerprint density at radius 2 is 1.85 bits per heavy atom. The molecule has 6 nitrogen and oxygen atoms in total. The summed E-state index contributed by atoms with van der Waals surface area (Å²) in [7, 11) is 0. The maximum Gasteiger partial charge on any atom is 0.244 e. The number of aryl methyl sites for hydroxylation is 3. The molecule has 0 unspecified atom stereocenters. The number of benzene rings is 1. The van der Waals surface area contributed by atoms with Crippen molar-refractivity contribution in [2.75, 3.05) is 5.32 Å². The van der Waals surface area contributed by atoms with Crippen molar-refractivity contribution in [2.24, 2.45) is 0 Å². The predicted molar refractivity (Wildman–Crippen MR) is 106 cm³/mol. The highest BCUT2D eigenvalue weighted by atomic mass is 16.1. The fourth-order valence-corrected chi connectivity index (χ4v) is 3.35. The zero-order chi connectivity index (χ0) is 19.0. The van der Waals surface area contributed by atoms with Crippen LogP contribution in [0, 0.1) is 20.8 Å². The SMILES string of the molecule is Cc1cc(C)n(-c2ccc(NC(=O)Cn3c(C)cc4ccccc43)cn2)n1. The quantitative estimate of drug-likeness (QED) is 0.603. The number of hydrogen-bond donors (Lipinski definition) is 1. The lowest BCUT2D eigenvalue weighted by Crippen LogP contribution is -2.19. The minimum absolute atomic E-state index is 0.0832. The number of carbonyl (C=O) groups excluding carboxylic acids is 1. The molecular weight excluding hydrogens is 338 g/mol. The lowest BCUT2D eigenvalue weighted by molar-refractivity contribution is -0.116. The van der Waals surface area contributed by atoms with Crippen LogP contribution in [0.2, 0.25) is 0 Å². The summed E-state index contributed by atoms with van der Waals surface area (Å²) in [5, 5.41) is 8.48. The van der Waals surface area contributed by atoms with Crippen LogP contribution in [-0.2, 0) is 11.3 Å². The zero-order valence-corrected chi connectivity index (χ0v) is 15.6. The van der Waals surface area contributed by atoms with Gasteiger partial charge in [-0.1, -0.05) is 18.2 Å². The van der Waals surface area contributed by atoms with Crippen molar-refractivity contribution in [1.82, 2.24) is 19.3 Å². The number of fused-ring (bicyclic) bond motifs is 1. The molecule has 0 radical (unpaired) electrons. The number of carbonyl (C=O) groups is 1. The average molecular weight is 359 g/mol. The summed E-state index contributed by atoms with van der Waals surface area (Å²) in [6.45, 7) is 6.21. The van der Waals surface area contributed by atoms with E-state index in [0.29, 0.717) is 5.69 Å². The highest BCUT2D eigenvalue weighted by Crippen LogP contribution is 2.19. The third kappa shape index (κ3) is 3.33. The molecule has 3 heterocycles. The molecule has 0 atom stereocenters. The Balaban J connectivity index is 1.50. The molecule has 4 aromatic rings. The van der Waals surface area contributed by atoms with E-state index < -0.39 is 0 Å². The number of nitrogens with one attached hydrogen (secondary N) is 1. The molecular formula is C21H21N5O. The molecule has 0 bridgehead atoms. The van der Waals surface area contributed by atoms with E-state index in [0.717, 1.165) is 33.8 Å². The van der Waals surface area contributed by atoms with E-state index >= 15 is 0 Å². The van der Waals surface area contributed by atoms with E-state index in [1.807, 2.05) is 61.7 Å². The molecule has 3 aromatic heterocycles. The maximum absolute atomic E-state index is 12.5. The molecule has 6 heteroatoms. The molecule has 136 valence electrons. The first-order valence-electron chi connectivity index (χ1n) is 8.86. The number of para-hydroxylation sites is 1. The highest BCUT2D eigenvalue weighted by molar-refractivity contribution is 5.92. The molecule has 0 aliphatic rings. The summed E-state index contributed by atoms with van der Waals surface area (Å²) in [4.78, 5) is 16.9. The topological polar surface area (TPSA) is 64.7 Å². The zero-order valence-electron chi connectivity index (χ0n) is 15.6. The van der Waals surface area contributed by atoms with Gasteiger partial charge in [0, 0.05) is 16.9 Å². The van der Waals surface area contributed by atoms with E-state index in [-0.39, 0.29) is 12.5 Å². The standard InChI is InChI=1S/C21H21N5O/c1-14-10-16(3)26(24-14)20-9-8-18(12-22-20)23-21(27)13-25-15(2)11-17-6-4-5-7-19(17)25/h4-12H,13H2,1-3H3,(H,23,27). The predicted octanol–water partition coefficient (Wildman–Crippen LogP) is 3.79. The van der Waals surface area contributed by atoms with Crippen LogP contribution in [-0.4, -0.2) is 25.2 Å². The Kier molecular flexibility index (Phi) is 4.24. The Morgan fingerprint density at radius 3 is 2.56 bits per heavy atom. The van der Waals surface area contributed by atoms with Crippen LogP contribution < -0.4 is 5.32 Å². The second-order valence-corrected chi connectivity index (χ2v) is 6.72. The summed E-state index contributed by atoms with van der Waals surface area (Å²) >= 11 is 0. The van der Waals surface area contributed by atoms with Gasteiger partial charge in [0.05, 0.1) is 17.6 Å². The molecule has 27 heavy (non-hydrogen) atoms. The maximum atomic E-state index is 12.5. The van der Waals surface area contributed by atoms with Gasteiger partial charge in [-0.15, -0.1) is 0 Å². The van der Waals surface area contributed by atoms with E-state index in [2.05, 4.69) is 27.5 Å². The van der Waals surface area contributed by atoms with Crippen molar-refractivity contribution in [3.8, 4) is 5.82 Å². The van der Waals surface area contributed by atoms with E-state index in [1.165, 1.54) is 0 Å². The third-order valence-electron chi connectivity index (χ3n) is 4.58. The number of anilines is 1. The van der Waals surface area contributed by atoms with Gasteiger partial charge >= 0.3 is 0 Å². The summed E-state index contributed by atoms with van der Waals surface area (Å²) in [6, 6.07) is 15.9. The van der Waals surface area contributed by atoms with Gasteiger partial charge in [-0.05, 0) is 56.5 Å². The van der Waals surface area contributed by atoms with Crippen LogP contribution in [0.5, 0.6) is 0 Å². The number of rotatable bonds is 4. The van der Waals surface area contributed by atoms with Crippen LogP contribution in [0.15, 0.2) is 54.7 Å². The molecule has 0 spiro atoms. The van der Waals surface area contributed by atoms with Crippen molar-refractivity contribution in [3.63, 3.8) is 0 Å². The van der Waals surface area contributed by atoms with E-state index in [1.54, 1.807) is 10.9 Å². The van der Waals surface area contributed by atoms with Gasteiger partial charge in [0.15, 0.2) is 5.82 Å². The van der Waals surface area contributed by atoms with Gasteiger partial charge in [-0.25, -0.2) is 9.67 Å². The van der Waals surface area contributed by atoms with E-state index in [9.17, 15) is 4.79 Å². The first kappa shape index (κ1) is 17.0. The number of amides is 1. The number of aromatic nitrogens is 4. The first-order valence-corrected chi connectivity index (χ1v) is 8.86. The lowest BCUT2D eigenvalue weighted by atomic mass is 10.2. The summed E-state index contributed by atoms with van der Waals surface area (Å²) < 4.78 is 3.80. The fourth-order valence-electron chi connectivity index (χ4n) is 3.35. The third-order valence-corrected chi connectivity index (χ3v) is 4.58. The Hall–Kier alpha value is -3.41. The van der Waals surface area contributed by atoms with Gasteiger partial charge in [-0.2, -0.15) is 5.10 Å². The molecule has 0 saturated carbocycles. The van der Waals surface area contributed by atoms with Crippen molar-refractivity contribution < 1.29 is 4.79 Å². The number of pyridine rings is 1. The normalized spacial score (nSPS) is 11.1. The Bertz CT molecular complexity index is 1120. The minimum atomic E-state index is -0.0832. The van der Waals surface area contributed by atoms with Crippen LogP contribution in [0.1, 0.15) is 17.1 Å². The summed E-state index contributed by atoms with van der Waals surface area (Å²) in [5.74, 6) is 0.644. The number of nitrogens with zero attached hydrogens (tertiary/aromatic N) is 4. The van der Waals surface area contributed by atoms with Crippen LogP contribution in [0.3, 0.4) is 0 Å². The second kappa shape index (κ2) is 6.72. The molecule has 0 aliphatic heterocycles. The highest BCUT2D eigenvalue weighted by Gasteiger charge is 2.10. The molecule has 0 aliphatic carbocycles. The Morgan fingerprint density at radius 1 is 1.04 bits per heavy atom. The largest absolute Gasteiger partial charge is 0.335 e. The molecule has 1 aromatic carbocycles. The van der Waals surface area contributed by atoms with Gasteiger partial charge in [0.1, 0.15) is 6.54 Å². The van der Waals surface area contributed by atoms with Crippen molar-refractivity contribution in [3.05, 3.63) is 71.8 Å². The average Bonchev–Trinajstić information content (AvgIpc) is 3.14. The minimum Gasteiger partial charge on any atom is -0.335 e. The van der Waals surface area contributed by atoms with Gasteiger partial charge in [0.25, 0.3) is 0 Å². The summed E-state index contributed by atoms with van der Waals surface area (Å²) in [5.41, 5.74) is 4.75.